The van der Waals surface area contributed by atoms with Gasteiger partial charge in [-0.05, 0) is 26.3 Å². The van der Waals surface area contributed by atoms with Crippen LogP contribution in [0.5, 0.6) is 0 Å². The normalized spacial score (nSPS) is 12.4. The second-order valence-corrected chi connectivity index (χ2v) is 7.04. The number of benzene rings is 1. The van der Waals surface area contributed by atoms with E-state index in [1.807, 2.05) is 30.3 Å². The molecule has 1 aromatic heterocycles. The van der Waals surface area contributed by atoms with Crippen LogP contribution >= 0.6 is 0 Å². The summed E-state index contributed by atoms with van der Waals surface area (Å²) in [6.45, 7) is 5.70. The Hall–Kier alpha value is -2.87. The van der Waals surface area contributed by atoms with Crippen LogP contribution in [0.4, 0.5) is 4.79 Å². The van der Waals surface area contributed by atoms with Crippen molar-refractivity contribution in [2.75, 3.05) is 0 Å². The highest BCUT2D eigenvalue weighted by Crippen LogP contribution is 2.09. The molecule has 1 amide bonds. The first-order valence-electron chi connectivity index (χ1n) is 8.55. The highest BCUT2D eigenvalue weighted by atomic mass is 16.6. The van der Waals surface area contributed by atoms with Crippen LogP contribution < -0.4 is 10.4 Å². The summed E-state index contributed by atoms with van der Waals surface area (Å²) in [5.74, 6) is -1.40. The molecule has 0 aliphatic rings. The molecule has 0 saturated carbocycles. The molecule has 1 N–H and O–H groups in total. The number of carboxylic acids is 1. The number of rotatable bonds is 8. The Balaban J connectivity index is 1.93. The first-order valence-corrected chi connectivity index (χ1v) is 8.55. The molecule has 0 aliphatic carbocycles. The maximum absolute atomic E-state index is 11.8. The van der Waals surface area contributed by atoms with Crippen LogP contribution in [0.15, 0.2) is 42.9 Å². The molecule has 2 rings (SSSR count). The van der Waals surface area contributed by atoms with E-state index in [1.165, 1.54) is 6.20 Å². The summed E-state index contributed by atoms with van der Waals surface area (Å²) in [5.41, 5.74) is 0.889. The van der Waals surface area contributed by atoms with Crippen molar-refractivity contribution < 1.29 is 24.2 Å². The summed E-state index contributed by atoms with van der Waals surface area (Å²) in [6, 6.07) is 8.43. The van der Waals surface area contributed by atoms with Crippen molar-refractivity contribution in [3.8, 4) is 0 Å². The maximum Gasteiger partial charge on any atom is 0.408 e. The molecule has 146 valence electrons. The zero-order chi connectivity index (χ0) is 19.9. The first kappa shape index (κ1) is 20.4. The average molecular weight is 374 g/mol. The van der Waals surface area contributed by atoms with E-state index in [0.29, 0.717) is 12.3 Å². The van der Waals surface area contributed by atoms with Crippen molar-refractivity contribution in [2.24, 2.45) is 0 Å². The van der Waals surface area contributed by atoms with Gasteiger partial charge in [0.2, 0.25) is 0 Å². The number of imidazole rings is 1. The number of alkyl carbamates (subject to hydrolysis) is 1. The Labute approximate surface area is 158 Å². The molecule has 1 heterocycles. The van der Waals surface area contributed by atoms with Crippen LogP contribution in [0.3, 0.4) is 0 Å². The second kappa shape index (κ2) is 9.18. The number of aromatic nitrogens is 2. The van der Waals surface area contributed by atoms with Gasteiger partial charge in [0.05, 0.1) is 24.9 Å². The van der Waals surface area contributed by atoms with Crippen molar-refractivity contribution in [1.29, 1.82) is 0 Å². The van der Waals surface area contributed by atoms with E-state index in [0.717, 1.165) is 5.56 Å². The predicted molar refractivity (Wildman–Crippen MR) is 95.3 cm³/mol. The monoisotopic (exact) mass is 374 g/mol. The van der Waals surface area contributed by atoms with Crippen LogP contribution in [0.25, 0.3) is 0 Å². The summed E-state index contributed by atoms with van der Waals surface area (Å²) in [5, 5.41) is 13.7. The zero-order valence-electron chi connectivity index (χ0n) is 15.7. The molecule has 27 heavy (non-hydrogen) atoms. The van der Waals surface area contributed by atoms with Crippen LogP contribution in [0.2, 0.25) is 0 Å². The number of nitrogens with zero attached hydrogens (tertiary/aromatic N) is 2. The van der Waals surface area contributed by atoms with Crippen LogP contribution in [-0.2, 0) is 34.0 Å². The third-order valence-corrected chi connectivity index (χ3v) is 3.53. The van der Waals surface area contributed by atoms with Gasteiger partial charge in [0.1, 0.15) is 12.3 Å². The van der Waals surface area contributed by atoms with Gasteiger partial charge in [-0.1, -0.05) is 30.3 Å². The van der Waals surface area contributed by atoms with Gasteiger partial charge < -0.3 is 29.3 Å². The standard InChI is InChI=1S/C19H25N3O5/c1-19(2,3)27-18(25)21-16(17(23)24)9-15-10-20-12-22(15)13-26-11-14-7-5-4-6-8-14/h4-8,10,12,16H,9,11,13H2,1-3H3,(H,21,25)(H,23,24)/p-1/t16-/m1/s1. The minimum Gasteiger partial charge on any atom is -0.548 e. The van der Waals surface area contributed by atoms with Gasteiger partial charge in [-0.2, -0.15) is 0 Å². The van der Waals surface area contributed by atoms with Crippen LogP contribution in [0.1, 0.15) is 32.0 Å². The van der Waals surface area contributed by atoms with Gasteiger partial charge in [-0.25, -0.2) is 9.78 Å². The first-order chi connectivity index (χ1) is 12.7. The highest BCUT2D eigenvalue weighted by molar-refractivity contribution is 5.79. The third kappa shape index (κ3) is 7.10. The molecule has 0 aliphatic heterocycles. The van der Waals surface area contributed by atoms with Crippen molar-refractivity contribution in [1.82, 2.24) is 14.9 Å². The van der Waals surface area contributed by atoms with Gasteiger partial charge in [0, 0.05) is 18.3 Å². The van der Waals surface area contributed by atoms with Crippen LogP contribution in [-0.4, -0.2) is 33.3 Å². The minimum atomic E-state index is -1.40. The molecule has 8 heteroatoms. The predicted octanol–water partition coefficient (Wildman–Crippen LogP) is 1.24. The fourth-order valence-corrected chi connectivity index (χ4v) is 2.32. The van der Waals surface area contributed by atoms with E-state index >= 15 is 0 Å². The summed E-state index contributed by atoms with van der Waals surface area (Å²) >= 11 is 0. The molecule has 0 unspecified atom stereocenters. The summed E-state index contributed by atoms with van der Waals surface area (Å²) < 4.78 is 12.4. The number of carbonyl (C=O) groups is 2. The van der Waals surface area contributed by atoms with Gasteiger partial charge in [0.15, 0.2) is 0 Å². The lowest BCUT2D eigenvalue weighted by Gasteiger charge is -2.24. The van der Waals surface area contributed by atoms with Crippen LogP contribution in [0, 0.1) is 0 Å². The average Bonchev–Trinajstić information content (AvgIpc) is 3.00. The lowest BCUT2D eigenvalue weighted by atomic mass is 10.1. The van der Waals surface area contributed by atoms with Crippen molar-refractivity contribution in [3.05, 3.63) is 54.1 Å². The maximum atomic E-state index is 11.8. The van der Waals surface area contributed by atoms with Crippen molar-refractivity contribution >= 4 is 12.1 Å². The molecule has 0 fully saturated rings. The SMILES string of the molecule is CC(C)(C)OC(=O)N[C@H](Cc1cncn1COCc1ccccc1)C(=O)[O-]. The Morgan fingerprint density at radius 1 is 1.26 bits per heavy atom. The molecule has 0 bridgehead atoms. The van der Waals surface area contributed by atoms with Crippen molar-refractivity contribution in [2.45, 2.75) is 52.2 Å². The van der Waals surface area contributed by atoms with E-state index in [4.69, 9.17) is 9.47 Å². The van der Waals surface area contributed by atoms with E-state index in [9.17, 15) is 14.7 Å². The molecular weight excluding hydrogens is 350 g/mol. The van der Waals surface area contributed by atoms with E-state index in [1.54, 1.807) is 31.7 Å². The third-order valence-electron chi connectivity index (χ3n) is 3.53. The fraction of sp³-hybridized carbons (Fsp3) is 0.421. The number of ether oxygens (including phenoxy) is 2. The number of hydrogen-bond acceptors (Lipinski definition) is 6. The summed E-state index contributed by atoms with van der Waals surface area (Å²) in [4.78, 5) is 27.3. The van der Waals surface area contributed by atoms with E-state index in [-0.39, 0.29) is 13.2 Å². The van der Waals surface area contributed by atoms with E-state index < -0.39 is 23.7 Å². The zero-order valence-corrected chi connectivity index (χ0v) is 15.7. The highest BCUT2D eigenvalue weighted by Gasteiger charge is 2.21. The minimum absolute atomic E-state index is 0.00370. The Bertz CT molecular complexity index is 752. The number of carboxylic acid groups (broad SMARTS) is 1. The quantitative estimate of drug-likeness (QED) is 0.745. The Morgan fingerprint density at radius 3 is 2.59 bits per heavy atom. The largest absolute Gasteiger partial charge is 0.548 e. The molecule has 1 atom stereocenters. The lowest BCUT2D eigenvalue weighted by molar-refractivity contribution is -0.308. The molecule has 2 aromatic rings. The number of nitrogens with one attached hydrogen (secondary N) is 1. The second-order valence-electron chi connectivity index (χ2n) is 7.04. The molecular formula is C19H24N3O5-. The molecule has 1 aromatic carbocycles. The molecule has 0 saturated heterocycles. The fourth-order valence-electron chi connectivity index (χ4n) is 2.32. The molecule has 8 nitrogen and oxygen atoms in total. The number of carbonyl (C=O) groups excluding carboxylic acids is 2. The van der Waals surface area contributed by atoms with Crippen molar-refractivity contribution in [3.63, 3.8) is 0 Å². The van der Waals surface area contributed by atoms with E-state index in [2.05, 4.69) is 10.3 Å². The summed E-state index contributed by atoms with van der Waals surface area (Å²) in [7, 11) is 0. The number of hydrogen-bond donors (Lipinski definition) is 1. The van der Waals surface area contributed by atoms with Gasteiger partial charge in [0.25, 0.3) is 0 Å². The topological polar surface area (TPSA) is 106 Å². The Kier molecular flexibility index (Phi) is 6.95. The summed E-state index contributed by atoms with van der Waals surface area (Å²) in [6.07, 6.45) is 2.25. The van der Waals surface area contributed by atoms with Gasteiger partial charge in [-0.3, -0.25) is 0 Å². The van der Waals surface area contributed by atoms with Gasteiger partial charge in [-0.15, -0.1) is 0 Å². The Morgan fingerprint density at radius 2 is 1.96 bits per heavy atom. The molecule has 0 spiro atoms. The smallest absolute Gasteiger partial charge is 0.408 e. The number of aliphatic carboxylic acids is 1. The number of amides is 1. The van der Waals surface area contributed by atoms with Gasteiger partial charge >= 0.3 is 6.09 Å². The lowest BCUT2D eigenvalue weighted by Crippen LogP contribution is -2.50. The molecule has 0 radical (unpaired) electrons.